The Morgan fingerprint density at radius 2 is 2.12 bits per heavy atom. The average molecular weight is 408 g/mol. The summed E-state index contributed by atoms with van der Waals surface area (Å²) in [5.41, 5.74) is -0.594. The van der Waals surface area contributed by atoms with Crippen molar-refractivity contribution in [1.29, 1.82) is 0 Å². The Labute approximate surface area is 149 Å². The van der Waals surface area contributed by atoms with Crippen LogP contribution in [0.3, 0.4) is 0 Å². The van der Waals surface area contributed by atoms with Crippen molar-refractivity contribution >= 4 is 43.0 Å². The number of nitrogens with zero attached hydrogens (tertiary/aromatic N) is 1. The molecular weight excluding hydrogens is 392 g/mol. The Morgan fingerprint density at radius 1 is 1.44 bits per heavy atom. The van der Waals surface area contributed by atoms with Crippen molar-refractivity contribution in [3.8, 4) is 0 Å². The summed E-state index contributed by atoms with van der Waals surface area (Å²) in [6.45, 7) is 0. The van der Waals surface area contributed by atoms with E-state index in [0.29, 0.717) is 4.90 Å². The molecule has 0 unspecified atom stereocenters. The molecule has 2 rings (SSSR count). The van der Waals surface area contributed by atoms with E-state index in [1.165, 1.54) is 17.8 Å². The molecular formula is C13H16N2O7S3. The van der Waals surface area contributed by atoms with Gasteiger partial charge >= 0.3 is 0 Å². The minimum absolute atomic E-state index is 0.0632. The van der Waals surface area contributed by atoms with E-state index < -0.39 is 52.9 Å². The highest BCUT2D eigenvalue weighted by molar-refractivity contribution is 7.98. The third-order valence-electron chi connectivity index (χ3n) is 3.62. The Hall–Kier alpha value is -1.66. The molecule has 1 N–H and O–H groups in total. The molecule has 1 aromatic carbocycles. The lowest BCUT2D eigenvalue weighted by Gasteiger charge is -2.11. The first-order chi connectivity index (χ1) is 11.5. The van der Waals surface area contributed by atoms with Crippen molar-refractivity contribution in [3.05, 3.63) is 28.3 Å². The summed E-state index contributed by atoms with van der Waals surface area (Å²) in [6, 6.07) is 3.03. The SMILES string of the molecule is CSc1ccc(S(=O)(=O)CC(=O)N[C@H]2CCS(=O)(=O)C2)c([N+](=O)[O-])c1. The molecule has 0 saturated carbocycles. The first-order valence-electron chi connectivity index (χ1n) is 7.09. The number of carbonyl (C=O) groups is 1. The predicted octanol–water partition coefficient (Wildman–Crippen LogP) is 0.394. The molecule has 1 aliphatic rings. The van der Waals surface area contributed by atoms with Gasteiger partial charge in [-0.15, -0.1) is 11.8 Å². The maximum atomic E-state index is 12.4. The number of rotatable bonds is 6. The lowest BCUT2D eigenvalue weighted by molar-refractivity contribution is -0.388. The molecule has 1 amide bonds. The Balaban J connectivity index is 2.19. The highest BCUT2D eigenvalue weighted by atomic mass is 32.2. The molecule has 1 aliphatic heterocycles. The fourth-order valence-electron chi connectivity index (χ4n) is 2.46. The molecule has 1 heterocycles. The Morgan fingerprint density at radius 3 is 2.64 bits per heavy atom. The van der Waals surface area contributed by atoms with Crippen LogP contribution in [0.25, 0.3) is 0 Å². The maximum Gasteiger partial charge on any atom is 0.289 e. The third-order valence-corrected chi connectivity index (χ3v) is 7.77. The summed E-state index contributed by atoms with van der Waals surface area (Å²) < 4.78 is 47.5. The van der Waals surface area contributed by atoms with Gasteiger partial charge in [-0.3, -0.25) is 14.9 Å². The highest BCUT2D eigenvalue weighted by Crippen LogP contribution is 2.29. The standard InChI is InChI=1S/C13H16N2O7S3/c1-23-10-2-3-12(11(6-10)15(17)18)25(21,22)8-13(16)14-9-4-5-24(19,20)7-9/h2-3,6,9H,4-5,7-8H2,1H3,(H,14,16)/t9-/m0/s1. The number of benzene rings is 1. The monoisotopic (exact) mass is 408 g/mol. The van der Waals surface area contributed by atoms with Gasteiger partial charge in [-0.1, -0.05) is 0 Å². The van der Waals surface area contributed by atoms with Crippen LogP contribution in [0.5, 0.6) is 0 Å². The van der Waals surface area contributed by atoms with Crippen molar-refractivity contribution in [2.75, 3.05) is 23.5 Å². The number of thioether (sulfide) groups is 1. The van der Waals surface area contributed by atoms with Gasteiger partial charge in [0.15, 0.2) is 19.7 Å². The molecule has 0 spiro atoms. The van der Waals surface area contributed by atoms with Gasteiger partial charge in [-0.2, -0.15) is 0 Å². The zero-order chi connectivity index (χ0) is 18.8. The van der Waals surface area contributed by atoms with Crippen LogP contribution in [-0.2, 0) is 24.5 Å². The van der Waals surface area contributed by atoms with E-state index in [0.717, 1.165) is 12.1 Å². The molecule has 1 aromatic rings. The smallest absolute Gasteiger partial charge is 0.289 e. The topological polar surface area (TPSA) is 141 Å². The van der Waals surface area contributed by atoms with Gasteiger partial charge in [0, 0.05) is 17.0 Å². The number of amides is 1. The van der Waals surface area contributed by atoms with Gasteiger partial charge in [-0.25, -0.2) is 16.8 Å². The summed E-state index contributed by atoms with van der Waals surface area (Å²) in [6.07, 6.45) is 1.91. The second-order valence-electron chi connectivity index (χ2n) is 5.52. The number of hydrogen-bond donors (Lipinski definition) is 1. The second-order valence-corrected chi connectivity index (χ2v) is 10.6. The Kier molecular flexibility index (Phi) is 5.74. The summed E-state index contributed by atoms with van der Waals surface area (Å²) in [7, 11) is -7.46. The third kappa shape index (κ3) is 4.92. The minimum atomic E-state index is -4.24. The molecule has 0 aromatic heterocycles. The van der Waals surface area contributed by atoms with E-state index in [1.54, 1.807) is 6.26 Å². The predicted molar refractivity (Wildman–Crippen MR) is 92.1 cm³/mol. The zero-order valence-electron chi connectivity index (χ0n) is 13.2. The number of sulfone groups is 2. The maximum absolute atomic E-state index is 12.4. The first-order valence-corrected chi connectivity index (χ1v) is 11.8. The van der Waals surface area contributed by atoms with E-state index >= 15 is 0 Å². The van der Waals surface area contributed by atoms with Gasteiger partial charge in [0.1, 0.15) is 10.6 Å². The van der Waals surface area contributed by atoms with E-state index in [2.05, 4.69) is 5.32 Å². The number of nitro groups is 1. The minimum Gasteiger partial charge on any atom is -0.351 e. The molecule has 138 valence electrons. The van der Waals surface area contributed by atoms with Crippen LogP contribution >= 0.6 is 11.8 Å². The normalized spacial score (nSPS) is 19.5. The van der Waals surface area contributed by atoms with Gasteiger partial charge in [0.05, 0.1) is 16.4 Å². The first kappa shape index (κ1) is 19.7. The molecule has 1 fully saturated rings. The summed E-state index contributed by atoms with van der Waals surface area (Å²) in [5, 5.41) is 13.5. The zero-order valence-corrected chi connectivity index (χ0v) is 15.6. The van der Waals surface area contributed by atoms with Crippen molar-refractivity contribution in [2.24, 2.45) is 0 Å². The van der Waals surface area contributed by atoms with Crippen molar-refractivity contribution in [3.63, 3.8) is 0 Å². The van der Waals surface area contributed by atoms with Gasteiger partial charge in [0.25, 0.3) is 5.69 Å². The quantitative estimate of drug-likeness (QED) is 0.405. The Bertz CT molecular complexity index is 910. The van der Waals surface area contributed by atoms with E-state index in [1.807, 2.05) is 0 Å². The van der Waals surface area contributed by atoms with Crippen molar-refractivity contribution < 1.29 is 26.6 Å². The van der Waals surface area contributed by atoms with Gasteiger partial charge in [0.2, 0.25) is 5.91 Å². The molecule has 12 heteroatoms. The van der Waals surface area contributed by atoms with E-state index in [9.17, 15) is 31.7 Å². The van der Waals surface area contributed by atoms with Gasteiger partial charge in [-0.05, 0) is 24.8 Å². The van der Waals surface area contributed by atoms with Crippen molar-refractivity contribution in [2.45, 2.75) is 22.3 Å². The van der Waals surface area contributed by atoms with Crippen LogP contribution < -0.4 is 5.32 Å². The molecule has 0 radical (unpaired) electrons. The highest BCUT2D eigenvalue weighted by Gasteiger charge is 2.32. The van der Waals surface area contributed by atoms with Crippen LogP contribution in [0.1, 0.15) is 6.42 Å². The molecule has 1 atom stereocenters. The van der Waals surface area contributed by atoms with Crippen LogP contribution in [0.15, 0.2) is 28.0 Å². The van der Waals surface area contributed by atoms with Crippen LogP contribution in [-0.4, -0.2) is 57.2 Å². The lowest BCUT2D eigenvalue weighted by Crippen LogP contribution is -2.39. The number of carbonyl (C=O) groups excluding carboxylic acids is 1. The van der Waals surface area contributed by atoms with Crippen LogP contribution in [0.2, 0.25) is 0 Å². The average Bonchev–Trinajstić information content (AvgIpc) is 2.84. The van der Waals surface area contributed by atoms with E-state index in [4.69, 9.17) is 0 Å². The fourth-order valence-corrected chi connectivity index (χ4v) is 5.88. The summed E-state index contributed by atoms with van der Waals surface area (Å²) in [5.74, 6) is -2.17. The fraction of sp³-hybridized carbons (Fsp3) is 0.462. The number of nitrogens with one attached hydrogen (secondary N) is 1. The molecule has 1 saturated heterocycles. The second kappa shape index (κ2) is 7.30. The molecule has 25 heavy (non-hydrogen) atoms. The van der Waals surface area contributed by atoms with Crippen LogP contribution in [0, 0.1) is 10.1 Å². The summed E-state index contributed by atoms with van der Waals surface area (Å²) in [4.78, 5) is 22.3. The molecule has 0 aliphatic carbocycles. The summed E-state index contributed by atoms with van der Waals surface area (Å²) >= 11 is 1.22. The number of hydrogen-bond acceptors (Lipinski definition) is 8. The van der Waals surface area contributed by atoms with Crippen molar-refractivity contribution in [1.82, 2.24) is 5.32 Å². The van der Waals surface area contributed by atoms with Crippen LogP contribution in [0.4, 0.5) is 5.69 Å². The van der Waals surface area contributed by atoms with E-state index in [-0.39, 0.29) is 17.9 Å². The molecule has 0 bridgehead atoms. The lowest BCUT2D eigenvalue weighted by atomic mass is 10.3. The number of nitro benzene ring substituents is 1. The van der Waals surface area contributed by atoms with Gasteiger partial charge < -0.3 is 5.32 Å². The largest absolute Gasteiger partial charge is 0.351 e. The molecule has 9 nitrogen and oxygen atoms in total.